The largest absolute Gasteiger partial charge is 0.342 e. The summed E-state index contributed by atoms with van der Waals surface area (Å²) in [6.07, 6.45) is 8.88. The molecule has 1 rings (SSSR count). The van der Waals surface area contributed by atoms with Gasteiger partial charge in [0.25, 0.3) is 0 Å². The highest BCUT2D eigenvalue weighted by molar-refractivity contribution is 5.83. The topological polar surface area (TPSA) is 41.1 Å². The molecular formula is C13H22N2O. The van der Waals surface area contributed by atoms with Crippen molar-refractivity contribution in [3.63, 3.8) is 0 Å². The van der Waals surface area contributed by atoms with E-state index in [-0.39, 0.29) is 17.4 Å². The van der Waals surface area contributed by atoms with Gasteiger partial charge in [-0.05, 0) is 38.8 Å². The van der Waals surface area contributed by atoms with Crippen LogP contribution in [0.2, 0.25) is 0 Å². The van der Waals surface area contributed by atoms with Crippen LogP contribution in [0.4, 0.5) is 0 Å². The first-order chi connectivity index (χ1) is 7.68. The minimum atomic E-state index is -0.199. The molecule has 1 amide bonds. The Labute approximate surface area is 98.4 Å². The van der Waals surface area contributed by atoms with Gasteiger partial charge in [-0.25, -0.2) is 0 Å². The normalized spacial score (nSPS) is 20.8. The Kier molecular flexibility index (Phi) is 4.82. The van der Waals surface area contributed by atoms with Crippen molar-refractivity contribution >= 4 is 5.91 Å². The minimum Gasteiger partial charge on any atom is -0.342 e. The molecule has 90 valence electrons. The summed E-state index contributed by atoms with van der Waals surface area (Å²) in [6.45, 7) is 5.93. The molecule has 1 saturated heterocycles. The molecule has 1 aliphatic heterocycles. The summed E-state index contributed by atoms with van der Waals surface area (Å²) in [5, 5.41) is 6.26. The molecule has 0 spiro atoms. The average Bonchev–Trinajstić information content (AvgIpc) is 2.36. The van der Waals surface area contributed by atoms with Crippen molar-refractivity contribution in [2.75, 3.05) is 13.1 Å². The number of hydrogen-bond acceptors (Lipinski definition) is 2. The molecule has 3 heteroatoms. The molecule has 1 atom stereocenters. The van der Waals surface area contributed by atoms with Crippen LogP contribution in [0.3, 0.4) is 0 Å². The highest BCUT2D eigenvalue weighted by Gasteiger charge is 2.38. The third-order valence-corrected chi connectivity index (χ3v) is 3.63. The molecule has 3 nitrogen and oxygen atoms in total. The number of amides is 1. The number of piperidine rings is 1. The van der Waals surface area contributed by atoms with E-state index in [0.717, 1.165) is 38.8 Å². The van der Waals surface area contributed by atoms with E-state index < -0.39 is 0 Å². The molecule has 0 aromatic carbocycles. The van der Waals surface area contributed by atoms with Crippen LogP contribution < -0.4 is 10.6 Å². The fourth-order valence-electron chi connectivity index (χ4n) is 2.22. The van der Waals surface area contributed by atoms with Crippen LogP contribution in [-0.4, -0.2) is 25.0 Å². The zero-order valence-electron chi connectivity index (χ0n) is 10.3. The summed E-state index contributed by atoms with van der Waals surface area (Å²) in [6, 6.07) is -0.120. The lowest BCUT2D eigenvalue weighted by Gasteiger charge is -2.36. The van der Waals surface area contributed by atoms with E-state index in [4.69, 9.17) is 6.42 Å². The summed E-state index contributed by atoms with van der Waals surface area (Å²) in [4.78, 5) is 12.2. The fraction of sp³-hybridized carbons (Fsp3) is 0.769. The van der Waals surface area contributed by atoms with Crippen LogP contribution >= 0.6 is 0 Å². The van der Waals surface area contributed by atoms with Gasteiger partial charge in [0.2, 0.25) is 5.91 Å². The molecule has 1 unspecified atom stereocenters. The second-order valence-electron chi connectivity index (χ2n) is 4.48. The van der Waals surface area contributed by atoms with Crippen LogP contribution in [0.1, 0.15) is 39.5 Å². The number of rotatable bonds is 4. The lowest BCUT2D eigenvalue weighted by molar-refractivity contribution is -0.133. The first kappa shape index (κ1) is 13.1. The van der Waals surface area contributed by atoms with Gasteiger partial charge in [0, 0.05) is 0 Å². The fourth-order valence-corrected chi connectivity index (χ4v) is 2.22. The van der Waals surface area contributed by atoms with Gasteiger partial charge < -0.3 is 10.6 Å². The number of carbonyl (C=O) groups excluding carboxylic acids is 1. The second-order valence-corrected chi connectivity index (χ2v) is 4.48. The Hall–Kier alpha value is -1.01. The Morgan fingerprint density at radius 2 is 2.12 bits per heavy atom. The van der Waals surface area contributed by atoms with E-state index >= 15 is 0 Å². The molecule has 2 N–H and O–H groups in total. The Morgan fingerprint density at radius 3 is 2.56 bits per heavy atom. The predicted octanol–water partition coefficient (Wildman–Crippen LogP) is 1.29. The summed E-state index contributed by atoms with van der Waals surface area (Å²) >= 11 is 0. The average molecular weight is 222 g/mol. The van der Waals surface area contributed by atoms with Gasteiger partial charge in [-0.3, -0.25) is 4.79 Å². The van der Waals surface area contributed by atoms with Crippen molar-refractivity contribution < 1.29 is 4.79 Å². The molecule has 0 aromatic heterocycles. The van der Waals surface area contributed by atoms with E-state index in [1.54, 1.807) is 0 Å². The summed E-state index contributed by atoms with van der Waals surface area (Å²) in [7, 11) is 0. The standard InChI is InChI=1S/C13H22N2O/c1-4-11(5-2)15-12(16)13(6-3)7-9-14-10-8-13/h1,11,14H,5-10H2,2-3H3,(H,15,16). The molecule has 1 heterocycles. The van der Waals surface area contributed by atoms with E-state index in [2.05, 4.69) is 23.5 Å². The molecule has 16 heavy (non-hydrogen) atoms. The Bertz CT molecular complexity index is 274. The van der Waals surface area contributed by atoms with Gasteiger partial charge in [-0.15, -0.1) is 6.42 Å². The maximum absolute atomic E-state index is 12.2. The van der Waals surface area contributed by atoms with E-state index in [0.29, 0.717) is 0 Å². The van der Waals surface area contributed by atoms with Crippen molar-refractivity contribution in [3.05, 3.63) is 0 Å². The third-order valence-electron chi connectivity index (χ3n) is 3.63. The highest BCUT2D eigenvalue weighted by Crippen LogP contribution is 2.32. The van der Waals surface area contributed by atoms with Crippen LogP contribution in [0.5, 0.6) is 0 Å². The highest BCUT2D eigenvalue weighted by atomic mass is 16.2. The van der Waals surface area contributed by atoms with Gasteiger partial charge in [0.15, 0.2) is 0 Å². The molecule has 1 aliphatic rings. The SMILES string of the molecule is C#CC(CC)NC(=O)C1(CC)CCNCC1. The van der Waals surface area contributed by atoms with Crippen LogP contribution in [0.15, 0.2) is 0 Å². The number of terminal acetylenes is 1. The molecule has 0 bridgehead atoms. The number of hydrogen-bond donors (Lipinski definition) is 2. The van der Waals surface area contributed by atoms with Gasteiger partial charge in [-0.2, -0.15) is 0 Å². The van der Waals surface area contributed by atoms with Gasteiger partial charge in [-0.1, -0.05) is 19.8 Å². The smallest absolute Gasteiger partial charge is 0.227 e. The quantitative estimate of drug-likeness (QED) is 0.704. The maximum Gasteiger partial charge on any atom is 0.227 e. The Balaban J connectivity index is 2.65. The zero-order valence-corrected chi connectivity index (χ0v) is 10.3. The van der Waals surface area contributed by atoms with Crippen LogP contribution in [0.25, 0.3) is 0 Å². The third kappa shape index (κ3) is 2.76. The monoisotopic (exact) mass is 222 g/mol. The van der Waals surface area contributed by atoms with E-state index in [1.807, 2.05) is 6.92 Å². The van der Waals surface area contributed by atoms with Gasteiger partial charge >= 0.3 is 0 Å². The predicted molar refractivity (Wildman–Crippen MR) is 65.9 cm³/mol. The van der Waals surface area contributed by atoms with E-state index in [9.17, 15) is 4.79 Å². The molecule has 0 aromatic rings. The molecular weight excluding hydrogens is 200 g/mol. The lowest BCUT2D eigenvalue weighted by Crippen LogP contribution is -2.49. The number of nitrogens with one attached hydrogen (secondary N) is 2. The van der Waals surface area contributed by atoms with Crippen molar-refractivity contribution in [2.45, 2.75) is 45.6 Å². The van der Waals surface area contributed by atoms with Gasteiger partial charge in [0.1, 0.15) is 0 Å². The minimum absolute atomic E-state index is 0.120. The molecule has 0 saturated carbocycles. The maximum atomic E-state index is 12.2. The summed E-state index contributed by atoms with van der Waals surface area (Å²) in [5.41, 5.74) is -0.199. The van der Waals surface area contributed by atoms with Crippen molar-refractivity contribution in [2.24, 2.45) is 5.41 Å². The first-order valence-electron chi connectivity index (χ1n) is 6.16. The van der Waals surface area contributed by atoms with Crippen LogP contribution in [0, 0.1) is 17.8 Å². The van der Waals surface area contributed by atoms with Gasteiger partial charge in [0.05, 0.1) is 11.5 Å². The molecule has 0 aliphatic carbocycles. The summed E-state index contributed by atoms with van der Waals surface area (Å²) < 4.78 is 0. The van der Waals surface area contributed by atoms with E-state index in [1.165, 1.54) is 0 Å². The zero-order chi connectivity index (χ0) is 12.0. The number of carbonyl (C=O) groups is 1. The second kappa shape index (κ2) is 5.91. The first-order valence-corrected chi connectivity index (χ1v) is 6.16. The van der Waals surface area contributed by atoms with Crippen molar-refractivity contribution in [1.82, 2.24) is 10.6 Å². The Morgan fingerprint density at radius 1 is 1.50 bits per heavy atom. The molecule has 0 radical (unpaired) electrons. The molecule has 1 fully saturated rings. The lowest BCUT2D eigenvalue weighted by atomic mass is 9.75. The van der Waals surface area contributed by atoms with Crippen LogP contribution in [-0.2, 0) is 4.79 Å². The van der Waals surface area contributed by atoms with Crippen molar-refractivity contribution in [1.29, 1.82) is 0 Å². The summed E-state index contributed by atoms with van der Waals surface area (Å²) in [5.74, 6) is 2.76. The van der Waals surface area contributed by atoms with Crippen molar-refractivity contribution in [3.8, 4) is 12.3 Å².